The van der Waals surface area contributed by atoms with Gasteiger partial charge in [0, 0.05) is 0 Å². The summed E-state index contributed by atoms with van der Waals surface area (Å²) in [5.41, 5.74) is 0. The van der Waals surface area contributed by atoms with E-state index in [1.54, 1.807) is 0 Å². The van der Waals surface area contributed by atoms with Gasteiger partial charge in [-0.05, 0) is 49.4 Å². The summed E-state index contributed by atoms with van der Waals surface area (Å²) in [4.78, 5) is 0. The molecule has 0 radical (unpaired) electrons. The molecule has 0 aromatic carbocycles. The highest BCUT2D eigenvalue weighted by molar-refractivity contribution is 7.99. The molecule has 1 aliphatic heterocycles. The average Bonchev–Trinajstić information content (AvgIpc) is 2.77. The monoisotopic (exact) mass is 211 g/mol. The standard InChI is InChI=1S/C11H17NOS/c1-9-2-3-11(13-9)7-12-6-10-4-5-14-8-10/h2-3,10,12H,4-8H2,1H3. The Kier molecular flexibility index (Phi) is 3.54. The summed E-state index contributed by atoms with van der Waals surface area (Å²) in [5.74, 6) is 5.58. The molecule has 2 rings (SSSR count). The van der Waals surface area contributed by atoms with Crippen LogP contribution in [0.1, 0.15) is 17.9 Å². The zero-order valence-corrected chi connectivity index (χ0v) is 9.40. The molecule has 1 aromatic heterocycles. The third-order valence-electron chi connectivity index (χ3n) is 2.55. The Morgan fingerprint density at radius 2 is 2.50 bits per heavy atom. The third-order valence-corrected chi connectivity index (χ3v) is 3.78. The summed E-state index contributed by atoms with van der Waals surface area (Å²) in [6.07, 6.45) is 1.37. The van der Waals surface area contributed by atoms with Crippen molar-refractivity contribution in [1.29, 1.82) is 0 Å². The van der Waals surface area contributed by atoms with Gasteiger partial charge < -0.3 is 9.73 Å². The van der Waals surface area contributed by atoms with Crippen molar-refractivity contribution < 1.29 is 4.42 Å². The summed E-state index contributed by atoms with van der Waals surface area (Å²) in [6.45, 7) is 3.98. The van der Waals surface area contributed by atoms with E-state index in [-0.39, 0.29) is 0 Å². The van der Waals surface area contributed by atoms with Crippen LogP contribution in [0, 0.1) is 12.8 Å². The molecule has 2 nitrogen and oxygen atoms in total. The van der Waals surface area contributed by atoms with Crippen molar-refractivity contribution in [2.45, 2.75) is 19.9 Å². The summed E-state index contributed by atoms with van der Waals surface area (Å²) in [5, 5.41) is 3.45. The fourth-order valence-corrected chi connectivity index (χ4v) is 3.01. The van der Waals surface area contributed by atoms with Crippen molar-refractivity contribution in [3.05, 3.63) is 23.7 Å². The lowest BCUT2D eigenvalue weighted by Crippen LogP contribution is -2.21. The van der Waals surface area contributed by atoms with Gasteiger partial charge in [0.25, 0.3) is 0 Å². The maximum atomic E-state index is 5.48. The first-order valence-electron chi connectivity index (χ1n) is 5.18. The molecule has 1 saturated heterocycles. The van der Waals surface area contributed by atoms with Gasteiger partial charge in [0.15, 0.2) is 0 Å². The van der Waals surface area contributed by atoms with E-state index >= 15 is 0 Å². The Hall–Kier alpha value is -0.410. The predicted octanol–water partition coefficient (Wildman–Crippen LogP) is 2.43. The van der Waals surface area contributed by atoms with Gasteiger partial charge in [-0.3, -0.25) is 0 Å². The van der Waals surface area contributed by atoms with Crippen LogP contribution in [0.15, 0.2) is 16.5 Å². The van der Waals surface area contributed by atoms with Crippen LogP contribution in [0.5, 0.6) is 0 Å². The maximum Gasteiger partial charge on any atom is 0.117 e. The van der Waals surface area contributed by atoms with Gasteiger partial charge in [-0.15, -0.1) is 0 Å². The van der Waals surface area contributed by atoms with E-state index in [9.17, 15) is 0 Å². The number of furan rings is 1. The molecule has 0 bridgehead atoms. The zero-order valence-electron chi connectivity index (χ0n) is 8.58. The molecule has 1 atom stereocenters. The summed E-state index contributed by atoms with van der Waals surface area (Å²) in [7, 11) is 0. The molecule has 1 aromatic rings. The van der Waals surface area contributed by atoms with E-state index in [1.807, 2.05) is 19.1 Å². The number of hydrogen-bond acceptors (Lipinski definition) is 3. The lowest BCUT2D eigenvalue weighted by molar-refractivity contribution is 0.443. The lowest BCUT2D eigenvalue weighted by atomic mass is 10.1. The molecule has 0 aliphatic carbocycles. The maximum absolute atomic E-state index is 5.48. The van der Waals surface area contributed by atoms with Crippen LogP contribution in [0.3, 0.4) is 0 Å². The van der Waals surface area contributed by atoms with Gasteiger partial charge in [0.05, 0.1) is 6.54 Å². The molecule has 1 N–H and O–H groups in total. The second-order valence-electron chi connectivity index (χ2n) is 3.87. The number of nitrogens with one attached hydrogen (secondary N) is 1. The highest BCUT2D eigenvalue weighted by Crippen LogP contribution is 2.22. The Labute approximate surface area is 89.4 Å². The van der Waals surface area contributed by atoms with Gasteiger partial charge >= 0.3 is 0 Å². The molecule has 1 fully saturated rings. The Morgan fingerprint density at radius 3 is 3.14 bits per heavy atom. The molecule has 14 heavy (non-hydrogen) atoms. The van der Waals surface area contributed by atoms with E-state index in [4.69, 9.17) is 4.42 Å². The van der Waals surface area contributed by atoms with Crippen molar-refractivity contribution in [3.63, 3.8) is 0 Å². The third kappa shape index (κ3) is 2.79. The van der Waals surface area contributed by atoms with Gasteiger partial charge in [-0.1, -0.05) is 0 Å². The number of rotatable bonds is 4. The Bertz CT molecular complexity index is 279. The molecule has 78 valence electrons. The molecule has 0 amide bonds. The minimum absolute atomic E-state index is 0.870. The first-order chi connectivity index (χ1) is 6.84. The average molecular weight is 211 g/mol. The Balaban J connectivity index is 1.67. The van der Waals surface area contributed by atoms with Crippen molar-refractivity contribution in [2.24, 2.45) is 5.92 Å². The van der Waals surface area contributed by atoms with Crippen molar-refractivity contribution in [1.82, 2.24) is 5.32 Å². The largest absolute Gasteiger partial charge is 0.465 e. The second kappa shape index (κ2) is 4.89. The first kappa shape index (κ1) is 10.1. The molecule has 1 aliphatic rings. The summed E-state index contributed by atoms with van der Waals surface area (Å²) >= 11 is 2.07. The van der Waals surface area contributed by atoms with E-state index in [1.165, 1.54) is 17.9 Å². The van der Waals surface area contributed by atoms with Crippen LogP contribution in [0.4, 0.5) is 0 Å². The summed E-state index contributed by atoms with van der Waals surface area (Å²) < 4.78 is 5.48. The first-order valence-corrected chi connectivity index (χ1v) is 6.34. The fourth-order valence-electron chi connectivity index (χ4n) is 1.72. The predicted molar refractivity (Wildman–Crippen MR) is 60.6 cm³/mol. The minimum Gasteiger partial charge on any atom is -0.465 e. The highest BCUT2D eigenvalue weighted by atomic mass is 32.2. The smallest absolute Gasteiger partial charge is 0.117 e. The molecule has 2 heterocycles. The molecule has 0 saturated carbocycles. The normalized spacial score (nSPS) is 21.6. The van der Waals surface area contributed by atoms with E-state index in [0.29, 0.717) is 0 Å². The van der Waals surface area contributed by atoms with Crippen LogP contribution in [0.25, 0.3) is 0 Å². The molecule has 0 spiro atoms. The number of aryl methyl sites for hydroxylation is 1. The van der Waals surface area contributed by atoms with E-state index in [0.717, 1.165) is 30.5 Å². The quantitative estimate of drug-likeness (QED) is 0.828. The Morgan fingerprint density at radius 1 is 1.57 bits per heavy atom. The van der Waals surface area contributed by atoms with Crippen LogP contribution < -0.4 is 5.32 Å². The zero-order chi connectivity index (χ0) is 9.80. The minimum atomic E-state index is 0.870. The molecule has 3 heteroatoms. The van der Waals surface area contributed by atoms with Crippen LogP contribution in [-0.2, 0) is 6.54 Å². The number of thioether (sulfide) groups is 1. The molecular formula is C11H17NOS. The van der Waals surface area contributed by atoms with Crippen molar-refractivity contribution in [2.75, 3.05) is 18.1 Å². The fraction of sp³-hybridized carbons (Fsp3) is 0.636. The van der Waals surface area contributed by atoms with Gasteiger partial charge in [0.1, 0.15) is 11.5 Å². The van der Waals surface area contributed by atoms with Crippen LogP contribution in [0.2, 0.25) is 0 Å². The lowest BCUT2D eigenvalue weighted by Gasteiger charge is -2.08. The van der Waals surface area contributed by atoms with Crippen LogP contribution in [-0.4, -0.2) is 18.1 Å². The van der Waals surface area contributed by atoms with Crippen molar-refractivity contribution >= 4 is 11.8 Å². The molecule has 1 unspecified atom stereocenters. The SMILES string of the molecule is Cc1ccc(CNCC2CCSC2)o1. The van der Waals surface area contributed by atoms with Gasteiger partial charge in [0.2, 0.25) is 0 Å². The van der Waals surface area contributed by atoms with Crippen LogP contribution >= 0.6 is 11.8 Å². The highest BCUT2D eigenvalue weighted by Gasteiger charge is 2.14. The topological polar surface area (TPSA) is 25.2 Å². The summed E-state index contributed by atoms with van der Waals surface area (Å²) in [6, 6.07) is 4.06. The van der Waals surface area contributed by atoms with Crippen molar-refractivity contribution in [3.8, 4) is 0 Å². The van der Waals surface area contributed by atoms with E-state index < -0.39 is 0 Å². The van der Waals surface area contributed by atoms with Gasteiger partial charge in [-0.25, -0.2) is 0 Å². The van der Waals surface area contributed by atoms with E-state index in [2.05, 4.69) is 17.1 Å². The number of hydrogen-bond donors (Lipinski definition) is 1. The van der Waals surface area contributed by atoms with Gasteiger partial charge in [-0.2, -0.15) is 11.8 Å². The molecular weight excluding hydrogens is 194 g/mol. The second-order valence-corrected chi connectivity index (χ2v) is 5.02.